The molecule has 1 aliphatic rings. The Bertz CT molecular complexity index is 710. The average molecular weight is 423 g/mol. The largest absolute Gasteiger partial charge is 0.325 e. The summed E-state index contributed by atoms with van der Waals surface area (Å²) in [7, 11) is 0. The van der Waals surface area contributed by atoms with Crippen molar-refractivity contribution in [1.82, 2.24) is 14.8 Å². The zero-order valence-corrected chi connectivity index (χ0v) is 16.8. The van der Waals surface area contributed by atoms with Gasteiger partial charge in [-0.05, 0) is 44.0 Å². The van der Waals surface area contributed by atoms with Gasteiger partial charge in [0.2, 0.25) is 5.91 Å². The van der Waals surface area contributed by atoms with E-state index in [1.165, 1.54) is 43.9 Å². The lowest BCUT2D eigenvalue weighted by molar-refractivity contribution is -0.113. The predicted octanol–water partition coefficient (Wildman–Crippen LogP) is 4.84. The van der Waals surface area contributed by atoms with E-state index < -0.39 is 0 Å². The molecule has 1 N–H and O–H groups in total. The minimum atomic E-state index is -0.0304. The lowest BCUT2D eigenvalue weighted by Crippen LogP contribution is -2.15. The van der Waals surface area contributed by atoms with Crippen LogP contribution >= 0.6 is 27.7 Å². The summed E-state index contributed by atoms with van der Waals surface area (Å²) >= 11 is 4.84. The average Bonchev–Trinajstić information content (AvgIpc) is 3.05. The topological polar surface area (TPSA) is 59.8 Å². The number of hydrogen-bond donors (Lipinski definition) is 1. The second kappa shape index (κ2) is 8.85. The van der Waals surface area contributed by atoms with Crippen molar-refractivity contribution < 1.29 is 4.79 Å². The van der Waals surface area contributed by atoms with Crippen molar-refractivity contribution in [2.24, 2.45) is 0 Å². The van der Waals surface area contributed by atoms with Crippen molar-refractivity contribution in [2.45, 2.75) is 56.6 Å². The Kier molecular flexibility index (Phi) is 6.53. The van der Waals surface area contributed by atoms with Crippen molar-refractivity contribution in [2.75, 3.05) is 11.1 Å². The first-order valence-corrected chi connectivity index (χ1v) is 10.6. The quantitative estimate of drug-likeness (QED) is 0.676. The third-order valence-electron chi connectivity index (χ3n) is 4.49. The highest BCUT2D eigenvalue weighted by molar-refractivity contribution is 9.10. The second-order valence-electron chi connectivity index (χ2n) is 6.26. The molecule has 0 unspecified atom stereocenters. The normalized spacial score (nSPS) is 15.3. The van der Waals surface area contributed by atoms with E-state index in [0.717, 1.165) is 27.7 Å². The third kappa shape index (κ3) is 4.85. The Labute approximate surface area is 161 Å². The molecule has 1 aliphatic carbocycles. The lowest BCUT2D eigenvalue weighted by atomic mass is 9.89. The van der Waals surface area contributed by atoms with Crippen LogP contribution in [0.2, 0.25) is 0 Å². The van der Waals surface area contributed by atoms with Gasteiger partial charge in [-0.1, -0.05) is 47.0 Å². The maximum atomic E-state index is 12.2. The van der Waals surface area contributed by atoms with Gasteiger partial charge in [0.25, 0.3) is 0 Å². The molecule has 1 amide bonds. The first kappa shape index (κ1) is 18.5. The number of amides is 1. The number of thioether (sulfide) groups is 1. The number of aromatic nitrogens is 3. The van der Waals surface area contributed by atoms with Gasteiger partial charge in [-0.25, -0.2) is 0 Å². The maximum Gasteiger partial charge on any atom is 0.234 e. The Morgan fingerprint density at radius 3 is 2.64 bits per heavy atom. The van der Waals surface area contributed by atoms with Gasteiger partial charge in [-0.2, -0.15) is 0 Å². The maximum absolute atomic E-state index is 12.2. The molecule has 7 heteroatoms. The fourth-order valence-corrected chi connectivity index (χ4v) is 4.30. The summed E-state index contributed by atoms with van der Waals surface area (Å²) in [6.45, 7) is 2.96. The molecule has 1 saturated carbocycles. The molecule has 0 aliphatic heterocycles. The SMILES string of the molecule is CCn1c(SCC(=O)Nc2ccc(Br)cc2)nnc1C1CCCCC1. The zero-order chi connectivity index (χ0) is 17.6. The van der Waals surface area contributed by atoms with Crippen LogP contribution in [0.15, 0.2) is 33.9 Å². The van der Waals surface area contributed by atoms with Crippen molar-refractivity contribution >= 4 is 39.3 Å². The minimum absolute atomic E-state index is 0.0304. The Hall–Kier alpha value is -1.34. The molecule has 0 radical (unpaired) electrons. The van der Waals surface area contributed by atoms with E-state index in [4.69, 9.17) is 0 Å². The minimum Gasteiger partial charge on any atom is -0.325 e. The van der Waals surface area contributed by atoms with E-state index in [2.05, 4.69) is 42.9 Å². The van der Waals surface area contributed by atoms with E-state index in [1.54, 1.807) is 0 Å². The molecule has 0 bridgehead atoms. The van der Waals surface area contributed by atoms with Crippen LogP contribution in [0, 0.1) is 0 Å². The molecule has 1 fully saturated rings. The van der Waals surface area contributed by atoms with Gasteiger partial charge in [0.15, 0.2) is 5.16 Å². The van der Waals surface area contributed by atoms with Gasteiger partial charge in [-0.15, -0.1) is 10.2 Å². The predicted molar refractivity (Wildman–Crippen MR) is 105 cm³/mol. The summed E-state index contributed by atoms with van der Waals surface area (Å²) in [6, 6.07) is 7.57. The van der Waals surface area contributed by atoms with Crippen LogP contribution < -0.4 is 5.32 Å². The number of benzene rings is 1. The summed E-state index contributed by atoms with van der Waals surface area (Å²) in [5.74, 6) is 1.92. The van der Waals surface area contributed by atoms with Crippen molar-refractivity contribution in [3.63, 3.8) is 0 Å². The standard InChI is InChI=1S/C18H23BrN4OS/c1-2-23-17(13-6-4-3-5-7-13)21-22-18(23)25-12-16(24)20-15-10-8-14(19)9-11-15/h8-11,13H,2-7,12H2,1H3,(H,20,24). The van der Waals surface area contributed by atoms with Crippen LogP contribution in [0.25, 0.3) is 0 Å². The summed E-state index contributed by atoms with van der Waals surface area (Å²) in [5, 5.41) is 12.5. The lowest BCUT2D eigenvalue weighted by Gasteiger charge is -2.21. The van der Waals surface area contributed by atoms with E-state index in [1.807, 2.05) is 24.3 Å². The van der Waals surface area contributed by atoms with Crippen LogP contribution in [0.1, 0.15) is 50.8 Å². The van der Waals surface area contributed by atoms with E-state index >= 15 is 0 Å². The van der Waals surface area contributed by atoms with Gasteiger partial charge in [0, 0.05) is 22.6 Å². The number of carbonyl (C=O) groups is 1. The highest BCUT2D eigenvalue weighted by atomic mass is 79.9. The summed E-state index contributed by atoms with van der Waals surface area (Å²) in [4.78, 5) is 12.2. The molecule has 0 saturated heterocycles. The molecule has 0 spiro atoms. The van der Waals surface area contributed by atoms with Gasteiger partial charge in [-0.3, -0.25) is 4.79 Å². The van der Waals surface area contributed by atoms with Crippen molar-refractivity contribution in [3.8, 4) is 0 Å². The van der Waals surface area contributed by atoms with Gasteiger partial charge >= 0.3 is 0 Å². The number of hydrogen-bond acceptors (Lipinski definition) is 4. The fraction of sp³-hybridized carbons (Fsp3) is 0.500. The molecule has 3 rings (SSSR count). The number of nitrogens with zero attached hydrogens (tertiary/aromatic N) is 3. The molecule has 1 aromatic carbocycles. The molecule has 5 nitrogen and oxygen atoms in total. The van der Waals surface area contributed by atoms with Crippen LogP contribution in [-0.2, 0) is 11.3 Å². The molecule has 0 atom stereocenters. The first-order chi connectivity index (χ1) is 12.2. The summed E-state index contributed by atoms with van der Waals surface area (Å²) in [5.41, 5.74) is 0.800. The zero-order valence-electron chi connectivity index (χ0n) is 14.4. The van der Waals surface area contributed by atoms with Crippen molar-refractivity contribution in [1.29, 1.82) is 0 Å². The van der Waals surface area contributed by atoms with E-state index in [-0.39, 0.29) is 5.91 Å². The Balaban J connectivity index is 1.59. The van der Waals surface area contributed by atoms with E-state index in [9.17, 15) is 4.79 Å². The summed E-state index contributed by atoms with van der Waals surface area (Å²) in [6.07, 6.45) is 6.28. The van der Waals surface area contributed by atoms with Crippen LogP contribution in [0.3, 0.4) is 0 Å². The number of halogens is 1. The second-order valence-corrected chi connectivity index (χ2v) is 8.12. The summed E-state index contributed by atoms with van der Waals surface area (Å²) < 4.78 is 3.17. The Morgan fingerprint density at radius 1 is 1.24 bits per heavy atom. The van der Waals surface area contributed by atoms with Crippen LogP contribution in [0.5, 0.6) is 0 Å². The van der Waals surface area contributed by atoms with Gasteiger partial charge < -0.3 is 9.88 Å². The van der Waals surface area contributed by atoms with Crippen molar-refractivity contribution in [3.05, 3.63) is 34.6 Å². The van der Waals surface area contributed by atoms with Crippen LogP contribution in [-0.4, -0.2) is 26.4 Å². The monoisotopic (exact) mass is 422 g/mol. The number of carbonyl (C=O) groups excluding carboxylic acids is 1. The molecular weight excluding hydrogens is 400 g/mol. The van der Waals surface area contributed by atoms with E-state index in [0.29, 0.717) is 11.7 Å². The third-order valence-corrected chi connectivity index (χ3v) is 5.99. The Morgan fingerprint density at radius 2 is 1.96 bits per heavy atom. The van der Waals surface area contributed by atoms with Gasteiger partial charge in [0.1, 0.15) is 5.82 Å². The van der Waals surface area contributed by atoms with Gasteiger partial charge in [0.05, 0.1) is 5.75 Å². The molecule has 1 aromatic heterocycles. The molecular formula is C18H23BrN4OS. The fourth-order valence-electron chi connectivity index (χ4n) is 3.23. The first-order valence-electron chi connectivity index (χ1n) is 8.78. The molecule has 2 aromatic rings. The number of anilines is 1. The number of rotatable bonds is 6. The highest BCUT2D eigenvalue weighted by Crippen LogP contribution is 2.33. The number of nitrogens with one attached hydrogen (secondary N) is 1. The van der Waals surface area contributed by atoms with Crippen LogP contribution in [0.4, 0.5) is 5.69 Å². The molecule has 1 heterocycles. The molecule has 25 heavy (non-hydrogen) atoms. The smallest absolute Gasteiger partial charge is 0.234 e. The molecule has 134 valence electrons. The highest BCUT2D eigenvalue weighted by Gasteiger charge is 2.23.